The molecule has 2 aromatic heterocycles. The number of carbonyl (C=O) groups is 1. The summed E-state index contributed by atoms with van der Waals surface area (Å²) in [5, 5.41) is 13.2. The molecule has 3 rings (SSSR count). The van der Waals surface area contributed by atoms with Crippen molar-refractivity contribution in [1.82, 2.24) is 25.1 Å². The fraction of sp³-hybridized carbons (Fsp3) is 0.263. The summed E-state index contributed by atoms with van der Waals surface area (Å²) in [6.07, 6.45) is 4.20. The zero-order valence-corrected chi connectivity index (χ0v) is 15.4. The Labute approximate surface area is 158 Å². The lowest BCUT2D eigenvalue weighted by Gasteiger charge is -2.11. The molecule has 140 valence electrons. The average molecular weight is 365 g/mol. The van der Waals surface area contributed by atoms with Gasteiger partial charge in [0.1, 0.15) is 12.1 Å². The largest absolute Gasteiger partial charge is 0.368 e. The van der Waals surface area contributed by atoms with Crippen molar-refractivity contribution in [1.29, 1.82) is 0 Å². The Morgan fingerprint density at radius 3 is 2.78 bits per heavy atom. The van der Waals surface area contributed by atoms with Gasteiger partial charge in [-0.1, -0.05) is 25.1 Å². The van der Waals surface area contributed by atoms with Crippen molar-refractivity contribution in [3.63, 3.8) is 0 Å². The van der Waals surface area contributed by atoms with E-state index in [1.54, 1.807) is 4.68 Å². The lowest BCUT2D eigenvalue weighted by Crippen LogP contribution is -2.33. The molecular formula is C19H23N7O. The van der Waals surface area contributed by atoms with E-state index in [2.05, 4.69) is 37.9 Å². The summed E-state index contributed by atoms with van der Waals surface area (Å²) in [5.41, 5.74) is 2.86. The first-order valence-corrected chi connectivity index (χ1v) is 8.87. The lowest BCUT2D eigenvalue weighted by atomic mass is 10.1. The highest BCUT2D eigenvalue weighted by Crippen LogP contribution is 2.15. The number of nitrogens with zero attached hydrogens (tertiary/aromatic N) is 4. The van der Waals surface area contributed by atoms with Gasteiger partial charge in [-0.2, -0.15) is 5.10 Å². The summed E-state index contributed by atoms with van der Waals surface area (Å²) in [7, 11) is 0. The van der Waals surface area contributed by atoms with E-state index in [1.807, 2.05) is 49.5 Å². The van der Waals surface area contributed by atoms with Crippen LogP contribution >= 0.6 is 0 Å². The van der Waals surface area contributed by atoms with Gasteiger partial charge in [-0.05, 0) is 31.0 Å². The molecule has 3 aromatic rings. The lowest BCUT2D eigenvalue weighted by molar-refractivity contribution is 0.252. The minimum atomic E-state index is -0.229. The van der Waals surface area contributed by atoms with E-state index in [0.29, 0.717) is 24.7 Å². The highest BCUT2D eigenvalue weighted by atomic mass is 16.2. The second-order valence-corrected chi connectivity index (χ2v) is 5.98. The summed E-state index contributed by atoms with van der Waals surface area (Å²) >= 11 is 0. The molecule has 0 unspecified atom stereocenters. The fourth-order valence-corrected chi connectivity index (χ4v) is 2.60. The Bertz CT molecular complexity index is 906. The maximum absolute atomic E-state index is 12.0. The van der Waals surface area contributed by atoms with Gasteiger partial charge in [0.2, 0.25) is 0 Å². The number of rotatable bonds is 7. The molecule has 0 saturated carbocycles. The Kier molecular flexibility index (Phi) is 5.98. The predicted octanol–water partition coefficient (Wildman–Crippen LogP) is 2.77. The van der Waals surface area contributed by atoms with E-state index in [-0.39, 0.29) is 6.03 Å². The highest BCUT2D eigenvalue weighted by Gasteiger charge is 2.05. The van der Waals surface area contributed by atoms with Gasteiger partial charge in [-0.15, -0.1) is 0 Å². The first kappa shape index (κ1) is 18.4. The minimum Gasteiger partial charge on any atom is -0.368 e. The van der Waals surface area contributed by atoms with Crippen LogP contribution in [0.4, 0.5) is 16.3 Å². The molecule has 1 aromatic carbocycles. The molecule has 0 spiro atoms. The van der Waals surface area contributed by atoms with Gasteiger partial charge in [-0.25, -0.2) is 19.4 Å². The summed E-state index contributed by atoms with van der Waals surface area (Å²) < 4.78 is 1.69. The van der Waals surface area contributed by atoms with Crippen LogP contribution in [0.5, 0.6) is 0 Å². The summed E-state index contributed by atoms with van der Waals surface area (Å²) in [6, 6.07) is 11.3. The average Bonchev–Trinajstić information content (AvgIpc) is 3.12. The van der Waals surface area contributed by atoms with Crippen LogP contribution < -0.4 is 16.0 Å². The van der Waals surface area contributed by atoms with Crippen LogP contribution in [0.2, 0.25) is 0 Å². The quantitative estimate of drug-likeness (QED) is 0.560. The Hall–Kier alpha value is -3.42. The van der Waals surface area contributed by atoms with E-state index in [4.69, 9.17) is 0 Å². The molecule has 0 fully saturated rings. The second kappa shape index (κ2) is 8.79. The molecule has 0 aliphatic rings. The third kappa shape index (κ3) is 5.04. The molecule has 8 nitrogen and oxygen atoms in total. The van der Waals surface area contributed by atoms with Crippen molar-refractivity contribution < 1.29 is 4.79 Å². The number of para-hydroxylation sites is 1. The molecule has 2 amide bonds. The number of hydrogen-bond acceptors (Lipinski definition) is 5. The van der Waals surface area contributed by atoms with E-state index in [9.17, 15) is 4.79 Å². The molecule has 8 heteroatoms. The first-order chi connectivity index (χ1) is 13.2. The molecule has 0 aliphatic heterocycles. The van der Waals surface area contributed by atoms with Crippen LogP contribution in [0.1, 0.15) is 18.2 Å². The summed E-state index contributed by atoms with van der Waals surface area (Å²) in [5.74, 6) is 1.36. The monoisotopic (exact) mass is 365 g/mol. The van der Waals surface area contributed by atoms with Crippen LogP contribution in [0, 0.1) is 6.92 Å². The van der Waals surface area contributed by atoms with Gasteiger partial charge in [0, 0.05) is 31.0 Å². The van der Waals surface area contributed by atoms with E-state index in [0.717, 1.165) is 23.4 Å². The normalized spacial score (nSPS) is 10.4. The Morgan fingerprint density at radius 2 is 2.00 bits per heavy atom. The van der Waals surface area contributed by atoms with E-state index < -0.39 is 0 Å². The maximum atomic E-state index is 12.0. The van der Waals surface area contributed by atoms with Gasteiger partial charge in [0.25, 0.3) is 0 Å². The molecule has 0 atom stereocenters. The maximum Gasteiger partial charge on any atom is 0.319 e. The number of hydrogen-bond donors (Lipinski definition) is 3. The van der Waals surface area contributed by atoms with Crippen LogP contribution in [-0.2, 0) is 6.42 Å². The third-order valence-electron chi connectivity index (χ3n) is 3.97. The zero-order chi connectivity index (χ0) is 19.1. The van der Waals surface area contributed by atoms with Crippen molar-refractivity contribution in [3.8, 4) is 5.82 Å². The van der Waals surface area contributed by atoms with E-state index in [1.165, 1.54) is 6.33 Å². The number of nitrogens with one attached hydrogen (secondary N) is 3. The minimum absolute atomic E-state index is 0.229. The molecule has 0 saturated heterocycles. The molecule has 3 N–H and O–H groups in total. The van der Waals surface area contributed by atoms with Crippen LogP contribution in [0.3, 0.4) is 0 Å². The first-order valence-electron chi connectivity index (χ1n) is 8.87. The van der Waals surface area contributed by atoms with E-state index >= 15 is 0 Å². The van der Waals surface area contributed by atoms with Crippen molar-refractivity contribution in [2.45, 2.75) is 20.3 Å². The SMILES string of the molecule is CCc1ccccc1NC(=O)NCCNc1cc(-n2ccc(C)n2)ncn1. The molecule has 0 radical (unpaired) electrons. The van der Waals surface area contributed by atoms with Crippen LogP contribution in [0.15, 0.2) is 48.9 Å². The van der Waals surface area contributed by atoms with Gasteiger partial charge in [0.15, 0.2) is 5.82 Å². The fourth-order valence-electron chi connectivity index (χ4n) is 2.60. The highest BCUT2D eigenvalue weighted by molar-refractivity contribution is 5.90. The van der Waals surface area contributed by atoms with Crippen molar-refractivity contribution >= 4 is 17.5 Å². The molecule has 0 bridgehead atoms. The van der Waals surface area contributed by atoms with Gasteiger partial charge in [0.05, 0.1) is 5.69 Å². The number of anilines is 2. The molecule has 2 heterocycles. The van der Waals surface area contributed by atoms with Crippen molar-refractivity contribution in [2.24, 2.45) is 0 Å². The van der Waals surface area contributed by atoms with Crippen LogP contribution in [0.25, 0.3) is 5.82 Å². The van der Waals surface area contributed by atoms with Crippen LogP contribution in [-0.4, -0.2) is 38.9 Å². The Morgan fingerprint density at radius 1 is 1.15 bits per heavy atom. The summed E-state index contributed by atoms with van der Waals surface area (Å²) in [6.45, 7) is 4.98. The van der Waals surface area contributed by atoms with Gasteiger partial charge >= 0.3 is 6.03 Å². The smallest absolute Gasteiger partial charge is 0.319 e. The topological polar surface area (TPSA) is 96.8 Å². The molecule has 27 heavy (non-hydrogen) atoms. The molecule has 0 aliphatic carbocycles. The van der Waals surface area contributed by atoms with Crippen molar-refractivity contribution in [2.75, 3.05) is 23.7 Å². The number of aromatic nitrogens is 4. The summed E-state index contributed by atoms with van der Waals surface area (Å²) in [4.78, 5) is 20.4. The van der Waals surface area contributed by atoms with Gasteiger partial charge in [-0.3, -0.25) is 0 Å². The molecular weight excluding hydrogens is 342 g/mol. The second-order valence-electron chi connectivity index (χ2n) is 5.98. The number of urea groups is 1. The Balaban J connectivity index is 1.47. The number of amides is 2. The standard InChI is InChI=1S/C19H23N7O/c1-3-15-6-4-5-7-16(15)24-19(27)21-10-9-20-17-12-18(23-13-22-17)26-11-8-14(2)25-26/h4-8,11-13H,3,9-10H2,1-2H3,(H,20,22,23)(H2,21,24,27). The number of carbonyl (C=O) groups excluding carboxylic acids is 1. The number of aryl methyl sites for hydroxylation is 2. The van der Waals surface area contributed by atoms with Gasteiger partial charge < -0.3 is 16.0 Å². The number of benzene rings is 1. The predicted molar refractivity (Wildman–Crippen MR) is 105 cm³/mol. The zero-order valence-electron chi connectivity index (χ0n) is 15.4. The third-order valence-corrected chi connectivity index (χ3v) is 3.97. The van der Waals surface area contributed by atoms with Crippen molar-refractivity contribution in [3.05, 3.63) is 60.2 Å².